The summed E-state index contributed by atoms with van der Waals surface area (Å²) < 4.78 is 14.2. The van der Waals surface area contributed by atoms with Crippen LogP contribution in [-0.2, 0) is 6.54 Å². The van der Waals surface area contributed by atoms with Gasteiger partial charge in [-0.25, -0.2) is 9.07 Å². The summed E-state index contributed by atoms with van der Waals surface area (Å²) in [6, 6.07) is 6.66. The van der Waals surface area contributed by atoms with E-state index in [1.54, 1.807) is 0 Å². The van der Waals surface area contributed by atoms with Gasteiger partial charge in [0, 0.05) is 11.1 Å². The fourth-order valence-electron chi connectivity index (χ4n) is 1.40. The summed E-state index contributed by atoms with van der Waals surface area (Å²) in [6.07, 6.45) is 0. The van der Waals surface area contributed by atoms with Crippen molar-refractivity contribution in [3.05, 3.63) is 57.1 Å². The molecule has 0 aliphatic carbocycles. The molecule has 0 atom stereocenters. The van der Waals surface area contributed by atoms with E-state index in [9.17, 15) is 9.18 Å². The van der Waals surface area contributed by atoms with Crippen LogP contribution in [0.4, 0.5) is 10.2 Å². The predicted octanol–water partition coefficient (Wildman–Crippen LogP) is 1.67. The van der Waals surface area contributed by atoms with E-state index in [1.807, 2.05) is 0 Å². The van der Waals surface area contributed by atoms with Crippen molar-refractivity contribution < 1.29 is 4.39 Å². The van der Waals surface area contributed by atoms with Gasteiger partial charge < -0.3 is 5.73 Å². The third kappa shape index (κ3) is 2.62. The number of nitrogens with zero attached hydrogens (tertiary/aromatic N) is 2. The van der Waals surface area contributed by atoms with E-state index in [1.165, 1.54) is 30.3 Å². The quantitative estimate of drug-likeness (QED) is 0.886. The van der Waals surface area contributed by atoms with Gasteiger partial charge in [-0.2, -0.15) is 5.10 Å². The van der Waals surface area contributed by atoms with Crippen LogP contribution in [0.3, 0.4) is 0 Å². The van der Waals surface area contributed by atoms with Gasteiger partial charge in [0.25, 0.3) is 5.56 Å². The number of hydrogen-bond donors (Lipinski definition) is 1. The Labute approximate surface area is 101 Å². The largest absolute Gasteiger partial charge is 0.382 e. The molecule has 1 aromatic heterocycles. The first-order valence-corrected chi connectivity index (χ1v) is 5.21. The van der Waals surface area contributed by atoms with E-state index in [4.69, 9.17) is 17.3 Å². The number of nitrogens with two attached hydrogens (primary N) is 1. The highest BCUT2D eigenvalue weighted by atomic mass is 35.5. The number of hydrogen-bond acceptors (Lipinski definition) is 3. The van der Waals surface area contributed by atoms with Crippen molar-refractivity contribution in [1.82, 2.24) is 9.78 Å². The fourth-order valence-corrected chi connectivity index (χ4v) is 1.58. The van der Waals surface area contributed by atoms with Gasteiger partial charge in [-0.05, 0) is 29.8 Å². The second-order valence-corrected chi connectivity index (χ2v) is 3.90. The highest BCUT2D eigenvalue weighted by Crippen LogP contribution is 2.17. The maximum atomic E-state index is 13.0. The Bertz CT molecular complexity index is 612. The lowest BCUT2D eigenvalue weighted by Crippen LogP contribution is -2.23. The molecule has 88 valence electrons. The Kier molecular flexibility index (Phi) is 3.10. The Morgan fingerprint density at radius 2 is 2.12 bits per heavy atom. The van der Waals surface area contributed by atoms with Gasteiger partial charge in [-0.1, -0.05) is 11.6 Å². The third-order valence-electron chi connectivity index (χ3n) is 2.22. The number of nitrogen functional groups attached to an aromatic ring is 1. The second kappa shape index (κ2) is 4.55. The molecule has 6 heteroatoms. The lowest BCUT2D eigenvalue weighted by atomic mass is 10.2. The van der Waals surface area contributed by atoms with E-state index in [0.29, 0.717) is 10.6 Å². The summed E-state index contributed by atoms with van der Waals surface area (Å²) in [7, 11) is 0. The molecule has 0 aliphatic heterocycles. The van der Waals surface area contributed by atoms with E-state index in [2.05, 4.69) is 5.10 Å². The van der Waals surface area contributed by atoms with Gasteiger partial charge >= 0.3 is 0 Å². The molecule has 1 aromatic carbocycles. The molecule has 0 fully saturated rings. The van der Waals surface area contributed by atoms with Crippen molar-refractivity contribution in [3.63, 3.8) is 0 Å². The van der Waals surface area contributed by atoms with E-state index >= 15 is 0 Å². The first-order valence-electron chi connectivity index (χ1n) is 4.84. The Balaban J connectivity index is 2.41. The number of benzene rings is 1. The topological polar surface area (TPSA) is 60.9 Å². The van der Waals surface area contributed by atoms with Gasteiger partial charge in [-0.15, -0.1) is 0 Å². The van der Waals surface area contributed by atoms with Crippen molar-refractivity contribution in [2.24, 2.45) is 0 Å². The highest BCUT2D eigenvalue weighted by molar-refractivity contribution is 6.31. The maximum absolute atomic E-state index is 13.0. The number of aromatic nitrogens is 2. The highest BCUT2D eigenvalue weighted by Gasteiger charge is 2.05. The molecule has 4 nitrogen and oxygen atoms in total. The number of rotatable bonds is 2. The van der Waals surface area contributed by atoms with Gasteiger partial charge in [-0.3, -0.25) is 4.79 Å². The monoisotopic (exact) mass is 253 g/mol. The van der Waals surface area contributed by atoms with Crippen LogP contribution in [0.2, 0.25) is 5.02 Å². The van der Waals surface area contributed by atoms with Crippen LogP contribution >= 0.6 is 11.6 Å². The summed E-state index contributed by atoms with van der Waals surface area (Å²) in [5.41, 5.74) is 5.63. The van der Waals surface area contributed by atoms with Crippen molar-refractivity contribution in [2.75, 3.05) is 5.73 Å². The molecule has 2 aromatic rings. The van der Waals surface area contributed by atoms with Crippen LogP contribution in [0.1, 0.15) is 5.56 Å². The van der Waals surface area contributed by atoms with Crippen molar-refractivity contribution in [3.8, 4) is 0 Å². The van der Waals surface area contributed by atoms with Crippen molar-refractivity contribution >= 4 is 17.4 Å². The number of anilines is 1. The Morgan fingerprint density at radius 1 is 1.35 bits per heavy atom. The average molecular weight is 254 g/mol. The first-order chi connectivity index (χ1) is 8.06. The van der Waals surface area contributed by atoms with E-state index < -0.39 is 5.82 Å². The predicted molar refractivity (Wildman–Crippen MR) is 63.4 cm³/mol. The minimum atomic E-state index is -0.415. The molecule has 1 heterocycles. The maximum Gasteiger partial charge on any atom is 0.267 e. The van der Waals surface area contributed by atoms with Crippen LogP contribution < -0.4 is 11.3 Å². The zero-order valence-corrected chi connectivity index (χ0v) is 9.49. The Hall–Kier alpha value is -1.88. The summed E-state index contributed by atoms with van der Waals surface area (Å²) in [4.78, 5) is 11.5. The molecule has 0 saturated heterocycles. The molecule has 0 aliphatic rings. The standard InChI is InChI=1S/C11H9ClFN3O/c12-9-2-1-8(13)5-7(9)6-16-11(17)4-3-10(14)15-16/h1-5H,6H2,(H2,14,15). The van der Waals surface area contributed by atoms with Crippen LogP contribution in [0.25, 0.3) is 0 Å². The zero-order chi connectivity index (χ0) is 12.4. The molecule has 0 amide bonds. The third-order valence-corrected chi connectivity index (χ3v) is 2.58. The normalized spacial score (nSPS) is 10.5. The first kappa shape index (κ1) is 11.6. The smallest absolute Gasteiger partial charge is 0.267 e. The summed E-state index contributed by atoms with van der Waals surface area (Å²) in [5, 5.41) is 4.22. The van der Waals surface area contributed by atoms with Gasteiger partial charge in [0.2, 0.25) is 0 Å². The van der Waals surface area contributed by atoms with E-state index in [0.717, 1.165) is 4.68 Å². The SMILES string of the molecule is Nc1ccc(=O)n(Cc2cc(F)ccc2Cl)n1. The summed E-state index contributed by atoms with van der Waals surface area (Å²) in [6.45, 7) is 0.0838. The second-order valence-electron chi connectivity index (χ2n) is 3.49. The van der Waals surface area contributed by atoms with Crippen LogP contribution in [0.15, 0.2) is 35.1 Å². The van der Waals surface area contributed by atoms with Crippen molar-refractivity contribution in [1.29, 1.82) is 0 Å². The molecule has 2 N–H and O–H groups in total. The molecular weight excluding hydrogens is 245 g/mol. The molecule has 2 rings (SSSR count). The molecule has 0 spiro atoms. The van der Waals surface area contributed by atoms with Crippen LogP contribution in [-0.4, -0.2) is 9.78 Å². The molecule has 0 saturated carbocycles. The van der Waals surface area contributed by atoms with Crippen LogP contribution in [0, 0.1) is 5.82 Å². The van der Waals surface area contributed by atoms with Gasteiger partial charge in [0.15, 0.2) is 0 Å². The lowest BCUT2D eigenvalue weighted by molar-refractivity contribution is 0.612. The van der Waals surface area contributed by atoms with Crippen molar-refractivity contribution in [2.45, 2.75) is 6.54 Å². The fraction of sp³-hybridized carbons (Fsp3) is 0.0909. The zero-order valence-electron chi connectivity index (χ0n) is 8.73. The summed E-state index contributed by atoms with van der Waals surface area (Å²) in [5.74, 6) is -0.196. The van der Waals surface area contributed by atoms with Gasteiger partial charge in [0.1, 0.15) is 11.6 Å². The molecule has 0 radical (unpaired) electrons. The van der Waals surface area contributed by atoms with Crippen LogP contribution in [0.5, 0.6) is 0 Å². The minimum absolute atomic E-state index is 0.0838. The summed E-state index contributed by atoms with van der Waals surface area (Å²) >= 11 is 5.90. The molecule has 17 heavy (non-hydrogen) atoms. The Morgan fingerprint density at radius 3 is 2.88 bits per heavy atom. The minimum Gasteiger partial charge on any atom is -0.382 e. The van der Waals surface area contributed by atoms with Gasteiger partial charge in [0.05, 0.1) is 6.54 Å². The molecular formula is C11H9ClFN3O. The number of halogens is 2. The lowest BCUT2D eigenvalue weighted by Gasteiger charge is -2.06. The molecule has 0 unspecified atom stereocenters. The average Bonchev–Trinajstić information content (AvgIpc) is 2.28. The molecule has 0 bridgehead atoms. The van der Waals surface area contributed by atoms with E-state index in [-0.39, 0.29) is 17.9 Å².